The molecule has 2 aromatic carbocycles. The fourth-order valence-corrected chi connectivity index (χ4v) is 4.33. The Balaban J connectivity index is 1.19. The Kier molecular flexibility index (Phi) is 5.74. The van der Waals surface area contributed by atoms with Gasteiger partial charge in [-0.15, -0.1) is 0 Å². The maximum Gasteiger partial charge on any atom is 0.261 e. The maximum absolute atomic E-state index is 12.5. The van der Waals surface area contributed by atoms with E-state index in [4.69, 9.17) is 0 Å². The molecule has 0 atom stereocenters. The van der Waals surface area contributed by atoms with E-state index in [1.165, 1.54) is 4.90 Å². The number of likely N-dealkylation sites (tertiary alicyclic amines) is 1. The fourth-order valence-electron chi connectivity index (χ4n) is 4.33. The second-order valence-corrected chi connectivity index (χ2v) is 7.90. The van der Waals surface area contributed by atoms with E-state index in [9.17, 15) is 14.4 Å². The van der Waals surface area contributed by atoms with Crippen LogP contribution in [0.2, 0.25) is 0 Å². The smallest absolute Gasteiger partial charge is 0.261 e. The van der Waals surface area contributed by atoms with Crippen molar-refractivity contribution in [2.45, 2.75) is 32.1 Å². The lowest BCUT2D eigenvalue weighted by atomic mass is 9.91. The normalized spacial score (nSPS) is 17.0. The van der Waals surface area contributed by atoms with Crippen molar-refractivity contribution in [3.63, 3.8) is 0 Å². The third-order valence-electron chi connectivity index (χ3n) is 6.04. The average Bonchev–Trinajstić information content (AvgIpc) is 3.02. The molecule has 0 radical (unpaired) electrons. The molecule has 0 aromatic heterocycles. The van der Waals surface area contributed by atoms with E-state index in [-0.39, 0.29) is 17.7 Å². The summed E-state index contributed by atoms with van der Waals surface area (Å²) in [5.41, 5.74) is 1.80. The summed E-state index contributed by atoms with van der Waals surface area (Å²) in [5, 5.41) is 0. The molecular weight excluding hydrogens is 364 g/mol. The number of benzene rings is 2. The topological polar surface area (TPSA) is 57.7 Å². The third kappa shape index (κ3) is 4.09. The largest absolute Gasteiger partial charge is 0.339 e. The number of unbranched alkanes of at least 4 members (excludes halogenated alkanes) is 1. The van der Waals surface area contributed by atoms with Gasteiger partial charge in [0.2, 0.25) is 0 Å². The quantitative estimate of drug-likeness (QED) is 0.553. The Morgan fingerprint density at radius 2 is 1.41 bits per heavy atom. The van der Waals surface area contributed by atoms with Crippen LogP contribution >= 0.6 is 0 Å². The molecular formula is C24H26N2O3. The van der Waals surface area contributed by atoms with E-state index in [0.29, 0.717) is 23.6 Å². The maximum atomic E-state index is 12.5. The van der Waals surface area contributed by atoms with Crippen molar-refractivity contribution in [1.82, 2.24) is 9.80 Å². The molecule has 2 aromatic rings. The summed E-state index contributed by atoms with van der Waals surface area (Å²) < 4.78 is 0. The minimum Gasteiger partial charge on any atom is -0.339 e. The van der Waals surface area contributed by atoms with Crippen molar-refractivity contribution in [3.05, 3.63) is 71.3 Å². The Morgan fingerprint density at radius 1 is 0.828 bits per heavy atom. The van der Waals surface area contributed by atoms with Crippen molar-refractivity contribution in [3.8, 4) is 0 Å². The Hall–Kier alpha value is -2.95. The zero-order valence-corrected chi connectivity index (χ0v) is 16.5. The van der Waals surface area contributed by atoms with Gasteiger partial charge in [0.1, 0.15) is 0 Å². The summed E-state index contributed by atoms with van der Waals surface area (Å²) in [5.74, 6) is 0.392. The molecule has 5 heteroatoms. The van der Waals surface area contributed by atoms with Crippen LogP contribution in [0.5, 0.6) is 0 Å². The average molecular weight is 390 g/mol. The molecule has 29 heavy (non-hydrogen) atoms. The van der Waals surface area contributed by atoms with Crippen molar-refractivity contribution < 1.29 is 14.4 Å². The number of carbonyl (C=O) groups excluding carboxylic acids is 3. The van der Waals surface area contributed by atoms with E-state index in [0.717, 1.165) is 50.8 Å². The van der Waals surface area contributed by atoms with Crippen LogP contribution in [0, 0.1) is 5.92 Å². The molecule has 4 rings (SSSR count). The summed E-state index contributed by atoms with van der Waals surface area (Å²) in [4.78, 5) is 40.6. The zero-order chi connectivity index (χ0) is 20.2. The summed E-state index contributed by atoms with van der Waals surface area (Å²) >= 11 is 0. The summed E-state index contributed by atoms with van der Waals surface area (Å²) in [6.07, 6.45) is 4.94. The predicted molar refractivity (Wildman–Crippen MR) is 111 cm³/mol. The number of imide groups is 1. The molecule has 1 saturated heterocycles. The molecule has 0 N–H and O–H groups in total. The lowest BCUT2D eigenvalue weighted by Crippen LogP contribution is -2.38. The lowest BCUT2D eigenvalue weighted by Gasteiger charge is -2.32. The third-order valence-corrected chi connectivity index (χ3v) is 6.04. The van der Waals surface area contributed by atoms with E-state index >= 15 is 0 Å². The standard InChI is InChI=1S/C24H26N2O3/c27-22(19-9-2-1-3-10-19)25-16-13-18(14-17-25)8-6-7-15-26-23(28)20-11-4-5-12-21(20)24(26)29/h1-5,9-12,18H,6-8,13-17H2. The molecule has 3 amide bonds. The molecule has 0 bridgehead atoms. The van der Waals surface area contributed by atoms with Gasteiger partial charge in [0.15, 0.2) is 0 Å². The number of piperidine rings is 1. The summed E-state index contributed by atoms with van der Waals surface area (Å²) in [6, 6.07) is 16.5. The number of fused-ring (bicyclic) bond motifs is 1. The summed E-state index contributed by atoms with van der Waals surface area (Å²) in [7, 11) is 0. The minimum atomic E-state index is -0.168. The molecule has 0 spiro atoms. The van der Waals surface area contributed by atoms with Crippen LogP contribution in [-0.4, -0.2) is 47.2 Å². The Morgan fingerprint density at radius 3 is 2.03 bits per heavy atom. The van der Waals surface area contributed by atoms with Gasteiger partial charge in [0.05, 0.1) is 11.1 Å². The number of hydrogen-bond acceptors (Lipinski definition) is 3. The van der Waals surface area contributed by atoms with Crippen LogP contribution in [0.1, 0.15) is 63.2 Å². The van der Waals surface area contributed by atoms with Gasteiger partial charge in [-0.3, -0.25) is 19.3 Å². The van der Waals surface area contributed by atoms with E-state index in [2.05, 4.69) is 0 Å². The first-order valence-electron chi connectivity index (χ1n) is 10.4. The van der Waals surface area contributed by atoms with Crippen LogP contribution < -0.4 is 0 Å². The molecule has 5 nitrogen and oxygen atoms in total. The first-order chi connectivity index (χ1) is 14.1. The van der Waals surface area contributed by atoms with E-state index in [1.807, 2.05) is 35.2 Å². The van der Waals surface area contributed by atoms with Crippen LogP contribution in [0.4, 0.5) is 0 Å². The van der Waals surface area contributed by atoms with E-state index < -0.39 is 0 Å². The van der Waals surface area contributed by atoms with Crippen molar-refractivity contribution >= 4 is 17.7 Å². The number of amides is 3. The summed E-state index contributed by atoms with van der Waals surface area (Å²) in [6.45, 7) is 2.09. The molecule has 2 heterocycles. The van der Waals surface area contributed by atoms with Gasteiger partial charge < -0.3 is 4.90 Å². The lowest BCUT2D eigenvalue weighted by molar-refractivity contribution is 0.0650. The van der Waals surface area contributed by atoms with Crippen molar-refractivity contribution in [2.75, 3.05) is 19.6 Å². The van der Waals surface area contributed by atoms with Crippen LogP contribution in [0.3, 0.4) is 0 Å². The van der Waals surface area contributed by atoms with Crippen LogP contribution in [-0.2, 0) is 0 Å². The molecule has 150 valence electrons. The predicted octanol–water partition coefficient (Wildman–Crippen LogP) is 4.01. The molecule has 2 aliphatic rings. The molecule has 0 saturated carbocycles. The van der Waals surface area contributed by atoms with E-state index in [1.54, 1.807) is 24.3 Å². The van der Waals surface area contributed by atoms with Crippen LogP contribution in [0.25, 0.3) is 0 Å². The Bertz CT molecular complexity index is 866. The monoisotopic (exact) mass is 390 g/mol. The minimum absolute atomic E-state index is 0.120. The van der Waals surface area contributed by atoms with Gasteiger partial charge in [0.25, 0.3) is 17.7 Å². The van der Waals surface area contributed by atoms with Gasteiger partial charge in [-0.05, 0) is 49.4 Å². The first-order valence-corrected chi connectivity index (χ1v) is 10.4. The highest BCUT2D eigenvalue weighted by Gasteiger charge is 2.34. The second-order valence-electron chi connectivity index (χ2n) is 7.90. The number of carbonyl (C=O) groups is 3. The highest BCUT2D eigenvalue weighted by Crippen LogP contribution is 2.26. The second kappa shape index (κ2) is 8.60. The SMILES string of the molecule is O=C(c1ccccc1)N1CCC(CCCCN2C(=O)c3ccccc3C2=O)CC1. The number of hydrogen-bond donors (Lipinski definition) is 0. The van der Waals surface area contributed by atoms with Gasteiger partial charge >= 0.3 is 0 Å². The van der Waals surface area contributed by atoms with Crippen molar-refractivity contribution in [2.24, 2.45) is 5.92 Å². The molecule has 0 aliphatic carbocycles. The number of rotatable bonds is 6. The highest BCUT2D eigenvalue weighted by atomic mass is 16.2. The van der Waals surface area contributed by atoms with Crippen molar-refractivity contribution in [1.29, 1.82) is 0 Å². The number of nitrogens with zero attached hydrogens (tertiary/aromatic N) is 2. The first kappa shape index (κ1) is 19.4. The molecule has 1 fully saturated rings. The fraction of sp³-hybridized carbons (Fsp3) is 0.375. The molecule has 2 aliphatic heterocycles. The van der Waals surface area contributed by atoms with Gasteiger partial charge in [0, 0.05) is 25.2 Å². The molecule has 0 unspecified atom stereocenters. The van der Waals surface area contributed by atoms with Gasteiger partial charge in [-0.2, -0.15) is 0 Å². The highest BCUT2D eigenvalue weighted by molar-refractivity contribution is 6.21. The zero-order valence-electron chi connectivity index (χ0n) is 16.5. The van der Waals surface area contributed by atoms with Gasteiger partial charge in [-0.1, -0.05) is 43.2 Å². The van der Waals surface area contributed by atoms with Gasteiger partial charge in [-0.25, -0.2) is 0 Å². The van der Waals surface area contributed by atoms with Crippen LogP contribution in [0.15, 0.2) is 54.6 Å². The Labute approximate surface area is 171 Å².